The molecule has 1 N–H and O–H groups in total. The molecule has 0 radical (unpaired) electrons. The number of nitrogens with one attached hydrogen (secondary N) is 1. The van der Waals surface area contributed by atoms with Crippen LogP contribution in [0.3, 0.4) is 0 Å². The Morgan fingerprint density at radius 3 is 3.18 bits per heavy atom. The van der Waals surface area contributed by atoms with Crippen molar-refractivity contribution in [2.75, 3.05) is 0 Å². The number of allylic oxidation sites excluding steroid dienone is 1. The topological polar surface area (TPSA) is 45.2 Å². The van der Waals surface area contributed by atoms with Crippen LogP contribution < -0.4 is 4.87 Å². The summed E-state index contributed by atoms with van der Waals surface area (Å²) >= 11 is 1.25. The molecule has 1 aromatic carbocycles. The highest BCUT2D eigenvalue weighted by molar-refractivity contribution is 7.16. The number of aliphatic imine (C=N–C) groups is 1. The van der Waals surface area contributed by atoms with Crippen molar-refractivity contribution in [1.82, 2.24) is 4.98 Å². The summed E-state index contributed by atoms with van der Waals surface area (Å²) in [6.07, 6.45) is 7.49. The first-order valence-electron chi connectivity index (χ1n) is 5.58. The van der Waals surface area contributed by atoms with E-state index in [2.05, 4.69) is 16.9 Å². The van der Waals surface area contributed by atoms with Crippen LogP contribution in [0.1, 0.15) is 18.9 Å². The van der Waals surface area contributed by atoms with Crippen molar-refractivity contribution in [3.8, 4) is 0 Å². The minimum absolute atomic E-state index is 0.000220. The van der Waals surface area contributed by atoms with Gasteiger partial charge in [0.05, 0.1) is 10.2 Å². The van der Waals surface area contributed by atoms with E-state index in [4.69, 9.17) is 0 Å². The highest BCUT2D eigenvalue weighted by Gasteiger charge is 1.99. The second kappa shape index (κ2) is 5.59. The lowest BCUT2D eigenvalue weighted by Crippen LogP contribution is -1.89. The van der Waals surface area contributed by atoms with Crippen molar-refractivity contribution in [1.29, 1.82) is 0 Å². The van der Waals surface area contributed by atoms with Gasteiger partial charge in [0.2, 0.25) is 0 Å². The fourth-order valence-electron chi connectivity index (χ4n) is 1.53. The maximum atomic E-state index is 11.2. The number of thiazole rings is 1. The predicted octanol–water partition coefficient (Wildman–Crippen LogP) is 3.13. The predicted molar refractivity (Wildman–Crippen MR) is 74.1 cm³/mol. The minimum atomic E-state index is 0.000220. The van der Waals surface area contributed by atoms with Crippen LogP contribution >= 0.6 is 11.3 Å². The lowest BCUT2D eigenvalue weighted by atomic mass is 10.1. The van der Waals surface area contributed by atoms with Gasteiger partial charge in [-0.25, -0.2) is 0 Å². The Kier molecular flexibility index (Phi) is 3.88. The maximum Gasteiger partial charge on any atom is 0.305 e. The third kappa shape index (κ3) is 3.14. The van der Waals surface area contributed by atoms with Gasteiger partial charge in [-0.2, -0.15) is 0 Å². The Morgan fingerprint density at radius 2 is 2.35 bits per heavy atom. The molecule has 4 heteroatoms. The van der Waals surface area contributed by atoms with Crippen LogP contribution in [-0.2, 0) is 6.42 Å². The average Bonchev–Trinajstić information content (AvgIpc) is 2.68. The first-order valence-corrected chi connectivity index (χ1v) is 6.39. The average molecular weight is 246 g/mol. The summed E-state index contributed by atoms with van der Waals surface area (Å²) in [5.74, 6) is 0. The SMILES string of the molecule is CCC=N/C=C\Cc1ccc2[nH]c(=O)sc2c1. The van der Waals surface area contributed by atoms with E-state index in [1.54, 1.807) is 0 Å². The van der Waals surface area contributed by atoms with E-state index >= 15 is 0 Å². The number of H-pyrrole nitrogens is 1. The van der Waals surface area contributed by atoms with Gasteiger partial charge in [-0.05, 0) is 30.5 Å². The summed E-state index contributed by atoms with van der Waals surface area (Å²) in [5, 5.41) is 0. The highest BCUT2D eigenvalue weighted by atomic mass is 32.1. The summed E-state index contributed by atoms with van der Waals surface area (Å²) in [7, 11) is 0. The number of rotatable bonds is 4. The lowest BCUT2D eigenvalue weighted by molar-refractivity contribution is 1.26. The molecule has 0 aliphatic rings. The molecule has 1 aromatic heterocycles. The molecule has 0 spiro atoms. The Bertz CT molecular complexity index is 607. The van der Waals surface area contributed by atoms with Crippen LogP contribution in [0.15, 0.2) is 40.3 Å². The van der Waals surface area contributed by atoms with Gasteiger partial charge in [-0.15, -0.1) is 0 Å². The third-order valence-electron chi connectivity index (χ3n) is 2.32. The normalized spacial score (nSPS) is 12.1. The summed E-state index contributed by atoms with van der Waals surface area (Å²) in [5.41, 5.74) is 2.10. The number of nitrogens with zero attached hydrogens (tertiary/aromatic N) is 1. The second-order valence-corrected chi connectivity index (χ2v) is 4.69. The molecule has 88 valence electrons. The minimum Gasteiger partial charge on any atom is -0.312 e. The summed E-state index contributed by atoms with van der Waals surface area (Å²) in [4.78, 5) is 18.1. The molecule has 0 unspecified atom stereocenters. The first kappa shape index (κ1) is 11.8. The van der Waals surface area contributed by atoms with Crippen molar-refractivity contribution in [2.45, 2.75) is 19.8 Å². The largest absolute Gasteiger partial charge is 0.312 e. The van der Waals surface area contributed by atoms with E-state index < -0.39 is 0 Å². The zero-order chi connectivity index (χ0) is 12.1. The molecule has 0 amide bonds. The van der Waals surface area contributed by atoms with E-state index in [1.807, 2.05) is 36.7 Å². The van der Waals surface area contributed by atoms with Gasteiger partial charge in [0, 0.05) is 12.4 Å². The Labute approximate surface area is 104 Å². The summed E-state index contributed by atoms with van der Waals surface area (Å²) < 4.78 is 1.01. The Hall–Kier alpha value is -1.68. The lowest BCUT2D eigenvalue weighted by Gasteiger charge is -1.95. The van der Waals surface area contributed by atoms with Gasteiger partial charge in [-0.3, -0.25) is 9.79 Å². The van der Waals surface area contributed by atoms with E-state index in [9.17, 15) is 4.79 Å². The van der Waals surface area contributed by atoms with Crippen LogP contribution in [0, 0.1) is 0 Å². The zero-order valence-electron chi connectivity index (χ0n) is 9.64. The van der Waals surface area contributed by atoms with E-state index in [0.29, 0.717) is 0 Å². The molecule has 0 aliphatic heterocycles. The van der Waals surface area contributed by atoms with Crippen molar-refractivity contribution < 1.29 is 0 Å². The number of aromatic nitrogens is 1. The Balaban J connectivity index is 2.11. The molecule has 3 nitrogen and oxygen atoms in total. The van der Waals surface area contributed by atoms with Crippen molar-refractivity contribution in [2.24, 2.45) is 4.99 Å². The maximum absolute atomic E-state index is 11.2. The van der Waals surface area contributed by atoms with Gasteiger partial charge in [0.25, 0.3) is 0 Å². The molecule has 17 heavy (non-hydrogen) atoms. The second-order valence-electron chi connectivity index (χ2n) is 3.67. The van der Waals surface area contributed by atoms with E-state index in [0.717, 1.165) is 23.1 Å². The number of hydrogen-bond acceptors (Lipinski definition) is 3. The van der Waals surface area contributed by atoms with Gasteiger partial charge in [0.1, 0.15) is 0 Å². The molecule has 2 rings (SSSR count). The molecule has 0 saturated heterocycles. The van der Waals surface area contributed by atoms with Crippen LogP contribution in [-0.4, -0.2) is 11.2 Å². The standard InChI is InChI=1S/C13H14N2OS/c1-2-7-14-8-3-4-10-5-6-11-12(9-10)17-13(16)15-11/h3,5-9H,2,4H2,1H3,(H,15,16)/b8-3-,14-7?. The molecule has 0 fully saturated rings. The Morgan fingerprint density at radius 1 is 1.47 bits per heavy atom. The fourth-order valence-corrected chi connectivity index (χ4v) is 2.33. The smallest absolute Gasteiger partial charge is 0.305 e. The molecule has 2 aromatic rings. The number of hydrogen-bond donors (Lipinski definition) is 1. The van der Waals surface area contributed by atoms with Crippen LogP contribution in [0.5, 0.6) is 0 Å². The molecule has 0 saturated carbocycles. The number of benzene rings is 1. The quantitative estimate of drug-likeness (QED) is 0.828. The van der Waals surface area contributed by atoms with Gasteiger partial charge >= 0.3 is 4.87 Å². The summed E-state index contributed by atoms with van der Waals surface area (Å²) in [6.45, 7) is 2.05. The molecule has 0 atom stereocenters. The van der Waals surface area contributed by atoms with Gasteiger partial charge < -0.3 is 4.98 Å². The highest BCUT2D eigenvalue weighted by Crippen LogP contribution is 2.16. The fraction of sp³-hybridized carbons (Fsp3) is 0.231. The number of fused-ring (bicyclic) bond motifs is 1. The zero-order valence-corrected chi connectivity index (χ0v) is 10.5. The third-order valence-corrected chi connectivity index (χ3v) is 3.16. The van der Waals surface area contributed by atoms with Crippen LogP contribution in [0.4, 0.5) is 0 Å². The molecule has 1 heterocycles. The molecular weight excluding hydrogens is 232 g/mol. The van der Waals surface area contributed by atoms with Crippen LogP contribution in [0.25, 0.3) is 10.2 Å². The molecule has 0 bridgehead atoms. The monoisotopic (exact) mass is 246 g/mol. The van der Waals surface area contributed by atoms with Gasteiger partial charge in [-0.1, -0.05) is 30.4 Å². The summed E-state index contributed by atoms with van der Waals surface area (Å²) in [6, 6.07) is 6.02. The van der Waals surface area contributed by atoms with Crippen LogP contribution in [0.2, 0.25) is 0 Å². The van der Waals surface area contributed by atoms with E-state index in [-0.39, 0.29) is 4.87 Å². The first-order chi connectivity index (χ1) is 8.29. The molecule has 0 aliphatic carbocycles. The van der Waals surface area contributed by atoms with Gasteiger partial charge in [0.15, 0.2) is 0 Å². The van der Waals surface area contributed by atoms with E-state index in [1.165, 1.54) is 16.9 Å². The molecular formula is C13H14N2OS. The van der Waals surface area contributed by atoms with Crippen molar-refractivity contribution >= 4 is 27.8 Å². The number of aromatic amines is 1. The van der Waals surface area contributed by atoms with Crippen molar-refractivity contribution in [3.05, 3.63) is 45.7 Å². The van der Waals surface area contributed by atoms with Crippen molar-refractivity contribution in [3.63, 3.8) is 0 Å².